The Morgan fingerprint density at radius 3 is 3.12 bits per heavy atom. The molecule has 0 aliphatic carbocycles. The minimum Gasteiger partial charge on any atom is -0.478 e. The Balaban J connectivity index is 2.11. The first kappa shape index (κ1) is 11.2. The second-order valence-electron chi connectivity index (χ2n) is 2.98. The van der Waals surface area contributed by atoms with Gasteiger partial charge in [-0.2, -0.15) is 0 Å². The Labute approximate surface area is 102 Å². The van der Waals surface area contributed by atoms with Gasteiger partial charge in [0.15, 0.2) is 5.82 Å². The molecule has 2 aromatic rings. The molecule has 0 bridgehead atoms. The van der Waals surface area contributed by atoms with Crippen LogP contribution in [0, 0.1) is 0 Å². The lowest BCUT2D eigenvalue weighted by Gasteiger charge is -2.07. The Morgan fingerprint density at radius 1 is 1.56 bits per heavy atom. The molecular formula is C10H10ClN3OS. The molecule has 0 radical (unpaired) electrons. The molecule has 0 aliphatic rings. The van der Waals surface area contributed by atoms with Gasteiger partial charge in [0.1, 0.15) is 5.15 Å². The summed E-state index contributed by atoms with van der Waals surface area (Å²) in [6.07, 6.45) is 1.46. The van der Waals surface area contributed by atoms with Gasteiger partial charge < -0.3 is 10.1 Å². The van der Waals surface area contributed by atoms with E-state index in [0.29, 0.717) is 23.4 Å². The molecule has 0 atom stereocenters. The van der Waals surface area contributed by atoms with Gasteiger partial charge in [0.2, 0.25) is 0 Å². The minimum absolute atomic E-state index is 0.342. The van der Waals surface area contributed by atoms with E-state index in [-0.39, 0.29) is 0 Å². The van der Waals surface area contributed by atoms with Crippen LogP contribution in [-0.2, 0) is 6.54 Å². The Bertz CT molecular complexity index is 461. The van der Waals surface area contributed by atoms with Crippen molar-refractivity contribution in [2.75, 3.05) is 12.4 Å². The highest BCUT2D eigenvalue weighted by Crippen LogP contribution is 2.21. The minimum atomic E-state index is 0.342. The number of methoxy groups -OCH3 is 1. The molecule has 0 spiro atoms. The van der Waals surface area contributed by atoms with E-state index in [2.05, 4.69) is 15.3 Å². The van der Waals surface area contributed by atoms with E-state index in [1.807, 2.05) is 17.5 Å². The van der Waals surface area contributed by atoms with Crippen molar-refractivity contribution in [2.24, 2.45) is 0 Å². The average molecular weight is 256 g/mol. The Morgan fingerprint density at radius 2 is 2.44 bits per heavy atom. The maximum Gasteiger partial charge on any atom is 0.257 e. The Kier molecular flexibility index (Phi) is 3.58. The van der Waals surface area contributed by atoms with E-state index < -0.39 is 0 Å². The summed E-state index contributed by atoms with van der Waals surface area (Å²) in [5, 5.41) is 5.50. The number of rotatable bonds is 4. The molecule has 2 aromatic heterocycles. The maximum atomic E-state index is 5.77. The standard InChI is InChI=1S/C10H10ClN3OS/c1-15-10-9(14-8(11)6-13-10)12-5-7-3-2-4-16-7/h2-4,6H,5H2,1H3,(H,12,14). The van der Waals surface area contributed by atoms with Crippen molar-refractivity contribution >= 4 is 28.8 Å². The number of thiophene rings is 1. The first-order valence-corrected chi connectivity index (χ1v) is 5.88. The smallest absolute Gasteiger partial charge is 0.257 e. The van der Waals surface area contributed by atoms with E-state index in [9.17, 15) is 0 Å². The van der Waals surface area contributed by atoms with Crippen LogP contribution in [-0.4, -0.2) is 17.1 Å². The zero-order valence-electron chi connectivity index (χ0n) is 8.61. The highest BCUT2D eigenvalue weighted by atomic mass is 35.5. The lowest BCUT2D eigenvalue weighted by Crippen LogP contribution is -2.03. The fraction of sp³-hybridized carbons (Fsp3) is 0.200. The molecule has 0 aromatic carbocycles. The number of hydrogen-bond donors (Lipinski definition) is 1. The molecule has 16 heavy (non-hydrogen) atoms. The highest BCUT2D eigenvalue weighted by molar-refractivity contribution is 7.09. The Hall–Kier alpha value is -1.33. The van der Waals surface area contributed by atoms with Crippen LogP contribution in [0.4, 0.5) is 5.82 Å². The van der Waals surface area contributed by atoms with Gasteiger partial charge in [0.05, 0.1) is 19.9 Å². The summed E-state index contributed by atoms with van der Waals surface area (Å²) in [7, 11) is 1.55. The molecule has 0 fully saturated rings. The molecular weight excluding hydrogens is 246 g/mol. The SMILES string of the molecule is COc1ncc(Cl)nc1NCc1cccs1. The van der Waals surface area contributed by atoms with Crippen LogP contribution in [0.3, 0.4) is 0 Å². The van der Waals surface area contributed by atoms with Crippen LogP contribution in [0.1, 0.15) is 4.88 Å². The maximum absolute atomic E-state index is 5.77. The zero-order chi connectivity index (χ0) is 11.4. The second-order valence-corrected chi connectivity index (χ2v) is 4.40. The van der Waals surface area contributed by atoms with Gasteiger partial charge in [-0.15, -0.1) is 11.3 Å². The molecule has 1 N–H and O–H groups in total. The zero-order valence-corrected chi connectivity index (χ0v) is 10.2. The third kappa shape index (κ3) is 2.62. The summed E-state index contributed by atoms with van der Waals surface area (Å²) in [6, 6.07) is 4.05. The topological polar surface area (TPSA) is 47.0 Å². The lowest BCUT2D eigenvalue weighted by molar-refractivity contribution is 0.398. The van der Waals surface area contributed by atoms with E-state index in [1.54, 1.807) is 18.4 Å². The molecule has 0 saturated carbocycles. The number of nitrogens with one attached hydrogen (secondary N) is 1. The van der Waals surface area contributed by atoms with E-state index >= 15 is 0 Å². The number of anilines is 1. The third-order valence-corrected chi connectivity index (χ3v) is 2.97. The largest absolute Gasteiger partial charge is 0.478 e. The van der Waals surface area contributed by atoms with Crippen molar-refractivity contribution in [2.45, 2.75) is 6.54 Å². The van der Waals surface area contributed by atoms with Gasteiger partial charge >= 0.3 is 0 Å². The summed E-state index contributed by atoms with van der Waals surface area (Å²) < 4.78 is 5.08. The van der Waals surface area contributed by atoms with Crippen molar-refractivity contribution in [1.82, 2.24) is 9.97 Å². The number of aromatic nitrogens is 2. The number of ether oxygens (including phenoxy) is 1. The molecule has 2 heterocycles. The van der Waals surface area contributed by atoms with Crippen LogP contribution in [0.15, 0.2) is 23.7 Å². The van der Waals surface area contributed by atoms with Crippen LogP contribution in [0.5, 0.6) is 5.88 Å². The van der Waals surface area contributed by atoms with E-state index in [4.69, 9.17) is 16.3 Å². The third-order valence-electron chi connectivity index (χ3n) is 1.91. The quantitative estimate of drug-likeness (QED) is 0.913. The van der Waals surface area contributed by atoms with Crippen molar-refractivity contribution in [3.8, 4) is 5.88 Å². The van der Waals surface area contributed by atoms with E-state index in [1.165, 1.54) is 11.1 Å². The van der Waals surface area contributed by atoms with Crippen LogP contribution in [0.2, 0.25) is 5.15 Å². The van der Waals surface area contributed by atoms with Crippen molar-refractivity contribution in [3.63, 3.8) is 0 Å². The van der Waals surface area contributed by atoms with Gasteiger partial charge in [-0.05, 0) is 11.4 Å². The highest BCUT2D eigenvalue weighted by Gasteiger charge is 2.06. The summed E-state index contributed by atoms with van der Waals surface area (Å²) >= 11 is 7.44. The number of nitrogens with zero attached hydrogens (tertiary/aromatic N) is 2. The van der Waals surface area contributed by atoms with Gasteiger partial charge in [-0.25, -0.2) is 9.97 Å². The fourth-order valence-electron chi connectivity index (χ4n) is 1.21. The lowest BCUT2D eigenvalue weighted by atomic mass is 10.4. The van der Waals surface area contributed by atoms with Gasteiger partial charge in [-0.1, -0.05) is 17.7 Å². The van der Waals surface area contributed by atoms with Crippen LogP contribution < -0.4 is 10.1 Å². The predicted molar refractivity (Wildman–Crippen MR) is 65.2 cm³/mol. The molecule has 0 saturated heterocycles. The van der Waals surface area contributed by atoms with Gasteiger partial charge in [-0.3, -0.25) is 0 Å². The average Bonchev–Trinajstić information content (AvgIpc) is 2.79. The van der Waals surface area contributed by atoms with Crippen LogP contribution >= 0.6 is 22.9 Å². The van der Waals surface area contributed by atoms with Crippen molar-refractivity contribution < 1.29 is 4.74 Å². The van der Waals surface area contributed by atoms with Crippen molar-refractivity contribution in [1.29, 1.82) is 0 Å². The molecule has 6 heteroatoms. The molecule has 0 aliphatic heterocycles. The number of halogens is 1. The van der Waals surface area contributed by atoms with E-state index in [0.717, 1.165) is 0 Å². The summed E-state index contributed by atoms with van der Waals surface area (Å²) in [6.45, 7) is 0.684. The first-order valence-electron chi connectivity index (χ1n) is 4.62. The fourth-order valence-corrected chi connectivity index (χ4v) is 1.98. The molecule has 84 valence electrons. The monoisotopic (exact) mass is 255 g/mol. The number of hydrogen-bond acceptors (Lipinski definition) is 5. The molecule has 0 amide bonds. The first-order chi connectivity index (χ1) is 7.79. The molecule has 4 nitrogen and oxygen atoms in total. The summed E-state index contributed by atoms with van der Waals surface area (Å²) in [5.74, 6) is 1.00. The molecule has 2 rings (SSSR count). The summed E-state index contributed by atoms with van der Waals surface area (Å²) in [4.78, 5) is 9.35. The predicted octanol–water partition coefficient (Wildman–Crippen LogP) is 2.81. The van der Waals surface area contributed by atoms with Crippen LogP contribution in [0.25, 0.3) is 0 Å². The summed E-state index contributed by atoms with van der Waals surface area (Å²) in [5.41, 5.74) is 0. The second kappa shape index (κ2) is 5.14. The van der Waals surface area contributed by atoms with Gasteiger partial charge in [0.25, 0.3) is 5.88 Å². The van der Waals surface area contributed by atoms with Gasteiger partial charge in [0, 0.05) is 4.88 Å². The molecule has 0 unspecified atom stereocenters. The normalized spacial score (nSPS) is 10.1. The van der Waals surface area contributed by atoms with Crippen molar-refractivity contribution in [3.05, 3.63) is 33.7 Å².